The molecule has 0 spiro atoms. The lowest BCUT2D eigenvalue weighted by Crippen LogP contribution is -2.27. The predicted octanol–water partition coefficient (Wildman–Crippen LogP) is 3.50. The molecule has 0 radical (unpaired) electrons. The van der Waals surface area contributed by atoms with E-state index >= 15 is 0 Å². The minimum atomic E-state index is 0.148. The molecule has 2 saturated carbocycles. The first kappa shape index (κ1) is 13.9. The minimum absolute atomic E-state index is 0.148. The van der Waals surface area contributed by atoms with Crippen LogP contribution in [0.2, 0.25) is 0 Å². The van der Waals surface area contributed by atoms with Gasteiger partial charge in [0, 0.05) is 12.3 Å². The zero-order valence-corrected chi connectivity index (χ0v) is 13.2. The zero-order chi connectivity index (χ0) is 14.9. The van der Waals surface area contributed by atoms with Crippen LogP contribution in [0.15, 0.2) is 30.3 Å². The average molecular weight is 313 g/mol. The van der Waals surface area contributed by atoms with Crippen LogP contribution in [-0.4, -0.2) is 16.1 Å². The summed E-state index contributed by atoms with van der Waals surface area (Å²) in [6.45, 7) is 0. The molecule has 0 saturated heterocycles. The number of benzene rings is 1. The van der Waals surface area contributed by atoms with Crippen LogP contribution < -0.4 is 5.32 Å². The quantitative estimate of drug-likeness (QED) is 0.940. The predicted molar refractivity (Wildman–Crippen MR) is 86.7 cm³/mol. The molecule has 114 valence electrons. The molecular formula is C17H19N3OS. The number of carbonyl (C=O) groups excluding carboxylic acids is 1. The lowest BCUT2D eigenvalue weighted by Gasteiger charge is -2.19. The molecule has 4 rings (SSSR count). The smallest absolute Gasteiger partial charge is 0.229 e. The van der Waals surface area contributed by atoms with Gasteiger partial charge in [-0.2, -0.15) is 0 Å². The van der Waals surface area contributed by atoms with Crippen LogP contribution in [0.1, 0.15) is 36.3 Å². The third-order valence-electron chi connectivity index (χ3n) is 4.97. The number of nitrogens with one attached hydrogen (secondary N) is 1. The van der Waals surface area contributed by atoms with Crippen molar-refractivity contribution in [2.45, 2.75) is 32.1 Å². The summed E-state index contributed by atoms with van der Waals surface area (Å²) in [4.78, 5) is 12.4. The molecule has 1 aromatic carbocycles. The Kier molecular flexibility index (Phi) is 3.66. The van der Waals surface area contributed by atoms with Crippen molar-refractivity contribution in [1.29, 1.82) is 0 Å². The van der Waals surface area contributed by atoms with Crippen LogP contribution in [-0.2, 0) is 11.2 Å². The Morgan fingerprint density at radius 1 is 1.18 bits per heavy atom. The molecule has 2 aromatic rings. The van der Waals surface area contributed by atoms with Crippen LogP contribution in [0.25, 0.3) is 0 Å². The molecule has 1 aromatic heterocycles. The Bertz CT molecular complexity index is 670. The maximum atomic E-state index is 12.4. The van der Waals surface area contributed by atoms with Crippen molar-refractivity contribution in [3.63, 3.8) is 0 Å². The molecule has 22 heavy (non-hydrogen) atoms. The minimum Gasteiger partial charge on any atom is -0.300 e. The van der Waals surface area contributed by atoms with Crippen molar-refractivity contribution in [2.24, 2.45) is 17.8 Å². The fraction of sp³-hybridized carbons (Fsp3) is 0.471. The van der Waals surface area contributed by atoms with E-state index in [1.54, 1.807) is 0 Å². The number of hydrogen-bond acceptors (Lipinski definition) is 4. The Morgan fingerprint density at radius 2 is 2.05 bits per heavy atom. The van der Waals surface area contributed by atoms with Crippen LogP contribution >= 0.6 is 11.3 Å². The molecule has 2 aliphatic carbocycles. The molecule has 2 fully saturated rings. The fourth-order valence-corrected chi connectivity index (χ4v) is 4.69. The molecule has 1 N–H and O–H groups in total. The van der Waals surface area contributed by atoms with Gasteiger partial charge in [0.2, 0.25) is 11.0 Å². The maximum absolute atomic E-state index is 12.4. The van der Waals surface area contributed by atoms with Crippen molar-refractivity contribution in [3.05, 3.63) is 40.9 Å². The van der Waals surface area contributed by atoms with Gasteiger partial charge < -0.3 is 5.32 Å². The van der Waals surface area contributed by atoms with Crippen molar-refractivity contribution in [1.82, 2.24) is 10.2 Å². The largest absolute Gasteiger partial charge is 0.300 e. The summed E-state index contributed by atoms with van der Waals surface area (Å²) >= 11 is 1.48. The Hall–Kier alpha value is -1.75. The zero-order valence-electron chi connectivity index (χ0n) is 12.4. The van der Waals surface area contributed by atoms with E-state index in [2.05, 4.69) is 27.6 Å². The summed E-state index contributed by atoms with van der Waals surface area (Å²) < 4.78 is 0. The van der Waals surface area contributed by atoms with Crippen molar-refractivity contribution in [3.8, 4) is 0 Å². The van der Waals surface area contributed by atoms with E-state index in [1.165, 1.54) is 36.2 Å². The summed E-state index contributed by atoms with van der Waals surface area (Å²) in [7, 11) is 0. The van der Waals surface area contributed by atoms with Crippen LogP contribution in [0.3, 0.4) is 0 Å². The molecule has 2 bridgehead atoms. The van der Waals surface area contributed by atoms with Crippen LogP contribution in [0, 0.1) is 17.8 Å². The van der Waals surface area contributed by atoms with Crippen molar-refractivity contribution >= 4 is 22.4 Å². The van der Waals surface area contributed by atoms with E-state index in [0.29, 0.717) is 11.0 Å². The highest BCUT2D eigenvalue weighted by atomic mass is 32.1. The first-order valence-corrected chi connectivity index (χ1v) is 8.77. The Labute approximate surface area is 134 Å². The highest BCUT2D eigenvalue weighted by Crippen LogP contribution is 2.48. The van der Waals surface area contributed by atoms with Crippen LogP contribution in [0.4, 0.5) is 5.13 Å². The number of nitrogens with zero attached hydrogens (tertiary/aromatic N) is 2. The number of anilines is 1. The lowest BCUT2D eigenvalue weighted by molar-refractivity contribution is -0.121. The van der Waals surface area contributed by atoms with Gasteiger partial charge in [0.05, 0.1) is 0 Å². The van der Waals surface area contributed by atoms with Gasteiger partial charge in [0.1, 0.15) is 5.01 Å². The van der Waals surface area contributed by atoms with Gasteiger partial charge in [-0.05, 0) is 36.7 Å². The summed E-state index contributed by atoms with van der Waals surface area (Å²) in [6, 6.07) is 10.2. The van der Waals surface area contributed by atoms with E-state index < -0.39 is 0 Å². The number of aromatic nitrogens is 2. The van der Waals surface area contributed by atoms with E-state index in [1.807, 2.05) is 18.2 Å². The van der Waals surface area contributed by atoms with Gasteiger partial charge in [-0.15, -0.1) is 10.2 Å². The third kappa shape index (κ3) is 2.77. The molecule has 4 nitrogen and oxygen atoms in total. The van der Waals surface area contributed by atoms with Gasteiger partial charge in [0.15, 0.2) is 0 Å². The topological polar surface area (TPSA) is 54.9 Å². The standard InChI is InChI=1S/C17H19N3OS/c21-16(14-9-12-6-7-13(14)8-12)18-17-20-19-15(22-17)10-11-4-2-1-3-5-11/h1-5,12-14H,6-10H2,(H,18,20,21)/t12-,13-,14-/m0/s1. The summed E-state index contributed by atoms with van der Waals surface area (Å²) in [5.74, 6) is 1.72. The first-order valence-electron chi connectivity index (χ1n) is 7.95. The van der Waals surface area contributed by atoms with Crippen molar-refractivity contribution in [2.75, 3.05) is 5.32 Å². The first-order chi connectivity index (χ1) is 10.8. The highest BCUT2D eigenvalue weighted by Gasteiger charge is 2.43. The van der Waals surface area contributed by atoms with E-state index in [0.717, 1.165) is 23.8 Å². The second kappa shape index (κ2) is 5.80. The number of hydrogen-bond donors (Lipinski definition) is 1. The third-order valence-corrected chi connectivity index (χ3v) is 5.81. The maximum Gasteiger partial charge on any atom is 0.229 e. The summed E-state index contributed by atoms with van der Waals surface area (Å²) in [5.41, 5.74) is 1.21. The fourth-order valence-electron chi connectivity index (χ4n) is 3.91. The Balaban J connectivity index is 1.38. The van der Waals surface area contributed by atoms with Gasteiger partial charge in [0.25, 0.3) is 0 Å². The number of amides is 1. The second-order valence-corrected chi connectivity index (χ2v) is 7.50. The van der Waals surface area contributed by atoms with E-state index in [-0.39, 0.29) is 11.8 Å². The second-order valence-electron chi connectivity index (χ2n) is 6.43. The molecule has 1 heterocycles. The number of carbonyl (C=O) groups is 1. The number of rotatable bonds is 4. The normalized spacial score (nSPS) is 26.3. The average Bonchev–Trinajstić information content (AvgIpc) is 3.25. The molecule has 0 aliphatic heterocycles. The van der Waals surface area contributed by atoms with Gasteiger partial charge >= 0.3 is 0 Å². The summed E-state index contributed by atoms with van der Waals surface area (Å²) in [5, 5.41) is 12.9. The van der Waals surface area contributed by atoms with Crippen molar-refractivity contribution < 1.29 is 4.79 Å². The van der Waals surface area contributed by atoms with E-state index in [4.69, 9.17) is 0 Å². The highest BCUT2D eigenvalue weighted by molar-refractivity contribution is 7.15. The van der Waals surface area contributed by atoms with Crippen LogP contribution in [0.5, 0.6) is 0 Å². The van der Waals surface area contributed by atoms with Gasteiger partial charge in [-0.25, -0.2) is 0 Å². The SMILES string of the molecule is O=C(Nc1nnc(Cc2ccccc2)s1)[C@H]1C[C@H]2CC[C@H]1C2. The molecular weight excluding hydrogens is 294 g/mol. The molecule has 5 heteroatoms. The molecule has 1 amide bonds. The monoisotopic (exact) mass is 313 g/mol. The molecule has 0 unspecified atom stereocenters. The van der Waals surface area contributed by atoms with Gasteiger partial charge in [-0.1, -0.05) is 48.1 Å². The Morgan fingerprint density at radius 3 is 2.77 bits per heavy atom. The lowest BCUT2D eigenvalue weighted by atomic mass is 9.88. The van der Waals surface area contributed by atoms with E-state index in [9.17, 15) is 4.79 Å². The van der Waals surface area contributed by atoms with Gasteiger partial charge in [-0.3, -0.25) is 4.79 Å². The molecule has 2 aliphatic rings. The summed E-state index contributed by atoms with van der Waals surface area (Å²) in [6.07, 6.45) is 5.61. The molecule has 3 atom stereocenters. The number of fused-ring (bicyclic) bond motifs is 2.